The van der Waals surface area contributed by atoms with E-state index in [4.69, 9.17) is 20.1 Å². The molecule has 0 aliphatic rings. The largest absolute Gasteiger partial charge is 0.475 e. The summed E-state index contributed by atoms with van der Waals surface area (Å²) in [5.74, 6) is 6.27. The zero-order valence-electron chi connectivity index (χ0n) is 12.2. The first kappa shape index (κ1) is 15.9. The number of hydrogen-bond acceptors (Lipinski definition) is 8. The van der Waals surface area contributed by atoms with Crippen molar-refractivity contribution in [2.75, 3.05) is 39.0 Å². The fourth-order valence-corrected chi connectivity index (χ4v) is 2.69. The topological polar surface area (TPSA) is 91.5 Å². The van der Waals surface area contributed by atoms with Crippen molar-refractivity contribution in [2.45, 2.75) is 13.3 Å². The molecule has 0 spiro atoms. The Hall–Kier alpha value is -1.48. The Morgan fingerprint density at radius 3 is 2.76 bits per heavy atom. The lowest BCUT2D eigenvalue weighted by molar-refractivity contribution is 0.0540. The Bertz CT molecular complexity index is 576. The second-order valence-corrected chi connectivity index (χ2v) is 5.35. The molecule has 2 rings (SSSR count). The van der Waals surface area contributed by atoms with E-state index in [0.717, 1.165) is 16.6 Å². The van der Waals surface area contributed by atoms with Crippen molar-refractivity contribution < 1.29 is 14.2 Å². The molecule has 0 saturated carbocycles. The van der Waals surface area contributed by atoms with E-state index in [1.807, 2.05) is 0 Å². The fourth-order valence-electron chi connectivity index (χ4n) is 1.74. The van der Waals surface area contributed by atoms with Crippen LogP contribution in [0.1, 0.15) is 11.8 Å². The molecule has 0 bridgehead atoms. The molecule has 21 heavy (non-hydrogen) atoms. The SMILES string of the molecule is CCc1cc2c(OCCOCCOC)nc(NN)nc2s1. The van der Waals surface area contributed by atoms with Crippen LogP contribution in [0.15, 0.2) is 6.07 Å². The third kappa shape index (κ3) is 4.24. The zero-order valence-corrected chi connectivity index (χ0v) is 13.0. The highest BCUT2D eigenvalue weighted by atomic mass is 32.1. The number of nitrogens with one attached hydrogen (secondary N) is 1. The summed E-state index contributed by atoms with van der Waals surface area (Å²) >= 11 is 1.62. The Morgan fingerprint density at radius 2 is 2.05 bits per heavy atom. The van der Waals surface area contributed by atoms with Crippen LogP contribution >= 0.6 is 11.3 Å². The first-order valence-electron chi connectivity index (χ1n) is 6.75. The van der Waals surface area contributed by atoms with Crippen LogP contribution in [0.3, 0.4) is 0 Å². The van der Waals surface area contributed by atoms with Gasteiger partial charge in [0.15, 0.2) is 0 Å². The summed E-state index contributed by atoms with van der Waals surface area (Å²) in [5.41, 5.74) is 2.46. The van der Waals surface area contributed by atoms with Crippen LogP contribution in [0.25, 0.3) is 10.2 Å². The molecule has 2 aromatic heterocycles. The number of nitrogens with zero attached hydrogens (tertiary/aromatic N) is 2. The quantitative estimate of drug-likeness (QED) is 0.412. The number of aromatic nitrogens is 2. The molecule has 0 amide bonds. The van der Waals surface area contributed by atoms with Crippen LogP contribution in [0.4, 0.5) is 5.95 Å². The molecule has 0 aromatic carbocycles. The maximum Gasteiger partial charge on any atom is 0.241 e. The molecule has 2 aromatic rings. The van der Waals surface area contributed by atoms with E-state index >= 15 is 0 Å². The van der Waals surface area contributed by atoms with Crippen molar-refractivity contribution >= 4 is 27.5 Å². The molecule has 8 heteroatoms. The monoisotopic (exact) mass is 312 g/mol. The van der Waals surface area contributed by atoms with E-state index in [-0.39, 0.29) is 0 Å². The molecule has 116 valence electrons. The molecule has 3 N–H and O–H groups in total. The maximum absolute atomic E-state index is 5.69. The van der Waals surface area contributed by atoms with E-state index < -0.39 is 0 Å². The van der Waals surface area contributed by atoms with Gasteiger partial charge >= 0.3 is 0 Å². The fraction of sp³-hybridized carbons (Fsp3) is 0.538. The summed E-state index contributed by atoms with van der Waals surface area (Å²) in [7, 11) is 1.64. The van der Waals surface area contributed by atoms with Crippen molar-refractivity contribution in [3.8, 4) is 5.88 Å². The third-order valence-electron chi connectivity index (χ3n) is 2.78. The highest BCUT2D eigenvalue weighted by Gasteiger charge is 2.12. The van der Waals surface area contributed by atoms with E-state index in [0.29, 0.717) is 38.3 Å². The number of aryl methyl sites for hydroxylation is 1. The van der Waals surface area contributed by atoms with Gasteiger partial charge in [0.1, 0.15) is 11.4 Å². The first-order valence-corrected chi connectivity index (χ1v) is 7.56. The van der Waals surface area contributed by atoms with E-state index in [9.17, 15) is 0 Å². The van der Waals surface area contributed by atoms with E-state index in [1.54, 1.807) is 18.4 Å². The van der Waals surface area contributed by atoms with Gasteiger partial charge in [0.2, 0.25) is 11.8 Å². The number of rotatable bonds is 9. The Balaban J connectivity index is 2.04. The van der Waals surface area contributed by atoms with Crippen LogP contribution in [0, 0.1) is 0 Å². The minimum Gasteiger partial charge on any atom is -0.475 e. The van der Waals surface area contributed by atoms with E-state index in [1.165, 1.54) is 4.88 Å². The van der Waals surface area contributed by atoms with Crippen molar-refractivity contribution in [3.63, 3.8) is 0 Å². The molecule has 2 heterocycles. The number of methoxy groups -OCH3 is 1. The van der Waals surface area contributed by atoms with Gasteiger partial charge in [0.05, 0.1) is 25.2 Å². The summed E-state index contributed by atoms with van der Waals surface area (Å²) < 4.78 is 16.0. The number of thiophene rings is 1. The minimum atomic E-state index is 0.349. The molecule has 0 aliphatic carbocycles. The van der Waals surface area contributed by atoms with Gasteiger partial charge in [0.25, 0.3) is 0 Å². The number of nitrogen functional groups attached to an aromatic ring is 1. The number of hydrogen-bond donors (Lipinski definition) is 2. The van der Waals surface area contributed by atoms with Gasteiger partial charge in [-0.15, -0.1) is 11.3 Å². The number of anilines is 1. The van der Waals surface area contributed by atoms with Gasteiger partial charge in [-0.2, -0.15) is 4.98 Å². The average Bonchev–Trinajstić information content (AvgIpc) is 2.93. The zero-order chi connectivity index (χ0) is 15.1. The van der Waals surface area contributed by atoms with Crippen LogP contribution in [0.5, 0.6) is 5.88 Å². The van der Waals surface area contributed by atoms with Gasteiger partial charge in [-0.05, 0) is 12.5 Å². The van der Waals surface area contributed by atoms with Crippen molar-refractivity contribution in [2.24, 2.45) is 5.84 Å². The molecular formula is C13H20N4O3S. The third-order valence-corrected chi connectivity index (χ3v) is 3.96. The van der Waals surface area contributed by atoms with Crippen LogP contribution in [0.2, 0.25) is 0 Å². The molecule has 0 atom stereocenters. The number of hydrazine groups is 1. The number of ether oxygens (including phenoxy) is 3. The Morgan fingerprint density at radius 1 is 1.24 bits per heavy atom. The van der Waals surface area contributed by atoms with Crippen LogP contribution in [-0.4, -0.2) is 43.5 Å². The Labute approximate surface area is 127 Å². The number of nitrogens with two attached hydrogens (primary N) is 1. The minimum absolute atomic E-state index is 0.349. The standard InChI is InChI=1S/C13H20N4O3S/c1-3-9-8-10-11(20-7-6-19-5-4-18-2)15-13(17-14)16-12(10)21-9/h8H,3-7,14H2,1-2H3,(H,15,16,17). The maximum atomic E-state index is 5.69. The summed E-state index contributed by atoms with van der Waals surface area (Å²) in [6.45, 7) is 4.11. The summed E-state index contributed by atoms with van der Waals surface area (Å²) in [6.07, 6.45) is 0.950. The lowest BCUT2D eigenvalue weighted by Gasteiger charge is -2.08. The van der Waals surface area contributed by atoms with Gasteiger partial charge < -0.3 is 14.2 Å². The van der Waals surface area contributed by atoms with Crippen molar-refractivity contribution in [3.05, 3.63) is 10.9 Å². The second-order valence-electron chi connectivity index (χ2n) is 4.24. The van der Waals surface area contributed by atoms with Gasteiger partial charge in [-0.1, -0.05) is 6.92 Å². The summed E-state index contributed by atoms with van der Waals surface area (Å²) in [4.78, 5) is 10.7. The molecule has 7 nitrogen and oxygen atoms in total. The average molecular weight is 312 g/mol. The number of fused-ring (bicyclic) bond motifs is 1. The Kier molecular flexibility index (Phi) is 6.12. The molecule has 0 radical (unpaired) electrons. The van der Waals surface area contributed by atoms with Gasteiger partial charge in [-0.3, -0.25) is 5.43 Å². The van der Waals surface area contributed by atoms with Crippen molar-refractivity contribution in [1.82, 2.24) is 9.97 Å². The molecular weight excluding hydrogens is 292 g/mol. The predicted octanol–water partition coefficient (Wildman–Crippen LogP) is 1.58. The molecule has 0 unspecified atom stereocenters. The highest BCUT2D eigenvalue weighted by Crippen LogP contribution is 2.31. The normalized spacial score (nSPS) is 11.0. The lowest BCUT2D eigenvalue weighted by Crippen LogP contribution is -2.13. The predicted molar refractivity (Wildman–Crippen MR) is 82.8 cm³/mol. The summed E-state index contributed by atoms with van der Waals surface area (Å²) in [5, 5.41) is 0.910. The first-order chi connectivity index (χ1) is 10.3. The van der Waals surface area contributed by atoms with Crippen LogP contribution < -0.4 is 16.0 Å². The van der Waals surface area contributed by atoms with E-state index in [2.05, 4.69) is 28.4 Å². The second kappa shape index (κ2) is 8.08. The highest BCUT2D eigenvalue weighted by molar-refractivity contribution is 7.18. The van der Waals surface area contributed by atoms with Crippen molar-refractivity contribution in [1.29, 1.82) is 0 Å². The van der Waals surface area contributed by atoms with Gasteiger partial charge in [0, 0.05) is 12.0 Å². The molecule has 0 saturated heterocycles. The van der Waals surface area contributed by atoms with Gasteiger partial charge in [-0.25, -0.2) is 10.8 Å². The smallest absolute Gasteiger partial charge is 0.241 e. The molecule has 0 fully saturated rings. The van der Waals surface area contributed by atoms with Crippen LogP contribution in [-0.2, 0) is 15.9 Å². The summed E-state index contributed by atoms with van der Waals surface area (Å²) in [6, 6.07) is 2.06. The lowest BCUT2D eigenvalue weighted by atomic mass is 10.3. The molecule has 0 aliphatic heterocycles.